The molecule has 0 aliphatic heterocycles. The third kappa shape index (κ3) is 5.34. The van der Waals surface area contributed by atoms with Crippen molar-refractivity contribution in [3.8, 4) is 33.4 Å². The number of rotatable bonds is 5. The monoisotopic (exact) mass is 857 g/mol. The molecule has 316 valence electrons. The summed E-state index contributed by atoms with van der Waals surface area (Å²) in [5, 5.41) is 4.45. The van der Waals surface area contributed by atoms with Gasteiger partial charge in [-0.05, 0) is 122 Å². The molecule has 2 heterocycles. The number of hydrogen-bond acceptors (Lipinski definition) is 3. The van der Waals surface area contributed by atoms with Crippen molar-refractivity contribution in [1.29, 1.82) is 0 Å². The van der Waals surface area contributed by atoms with Crippen molar-refractivity contribution < 1.29 is 8.83 Å². The molecule has 67 heavy (non-hydrogen) atoms. The summed E-state index contributed by atoms with van der Waals surface area (Å²) in [7, 11) is 0. The fourth-order valence-corrected chi connectivity index (χ4v) is 11.9. The predicted molar refractivity (Wildman–Crippen MR) is 276 cm³/mol. The standard InChI is InChI=1S/C64H43NO2/c1-63(2)54-20-7-9-22-56(54)64(57-23-10-8-21-55(57)63)53-19-6-3-14-47(53)48-36-30-42(38-58(48)64)40-26-31-43(32-27-40)65(45-35-37-61-52(39-45)50-16-5-11-24-59(50)66-61)44-33-28-41(29-34-44)46-17-13-18-51-49-15-4-12-25-60(49)67-62(46)51/h3-39H,1-2H3. The molecule has 0 amide bonds. The molecule has 0 saturated heterocycles. The molecule has 0 bridgehead atoms. The number of benzene rings is 10. The molecule has 2 aliphatic carbocycles. The summed E-state index contributed by atoms with van der Waals surface area (Å²) in [6.45, 7) is 4.76. The quantitative estimate of drug-likeness (QED) is 0.173. The van der Waals surface area contributed by atoms with Gasteiger partial charge in [-0.1, -0.05) is 178 Å². The molecule has 0 fully saturated rings. The maximum atomic E-state index is 6.46. The van der Waals surface area contributed by atoms with E-state index in [0.29, 0.717) is 0 Å². The molecule has 2 aromatic heterocycles. The largest absolute Gasteiger partial charge is 0.456 e. The van der Waals surface area contributed by atoms with Crippen LogP contribution in [0.4, 0.5) is 17.1 Å². The van der Waals surface area contributed by atoms with Crippen LogP contribution in [0.5, 0.6) is 0 Å². The van der Waals surface area contributed by atoms with Crippen LogP contribution in [0.3, 0.4) is 0 Å². The highest BCUT2D eigenvalue weighted by Gasteiger charge is 2.53. The molecular weight excluding hydrogens is 815 g/mol. The van der Waals surface area contributed by atoms with Gasteiger partial charge in [0.05, 0.1) is 5.41 Å². The van der Waals surface area contributed by atoms with Crippen molar-refractivity contribution in [2.45, 2.75) is 24.7 Å². The van der Waals surface area contributed by atoms with E-state index in [0.717, 1.165) is 72.1 Å². The van der Waals surface area contributed by atoms with Crippen LogP contribution in [0.15, 0.2) is 233 Å². The normalized spacial score (nSPS) is 14.1. The topological polar surface area (TPSA) is 29.5 Å². The van der Waals surface area contributed by atoms with Gasteiger partial charge in [-0.2, -0.15) is 0 Å². The minimum atomic E-state index is -0.445. The molecule has 1 spiro atoms. The summed E-state index contributed by atoms with van der Waals surface area (Å²) in [4.78, 5) is 2.35. The van der Waals surface area contributed by atoms with E-state index < -0.39 is 5.41 Å². The Morgan fingerprint density at radius 3 is 1.51 bits per heavy atom. The van der Waals surface area contributed by atoms with Crippen LogP contribution in [0.1, 0.15) is 47.2 Å². The van der Waals surface area contributed by atoms with E-state index in [2.05, 4.69) is 219 Å². The molecule has 2 aliphatic rings. The maximum Gasteiger partial charge on any atom is 0.143 e. The second-order valence-corrected chi connectivity index (χ2v) is 18.8. The molecular formula is C64H43NO2. The number of hydrogen-bond donors (Lipinski definition) is 0. The summed E-state index contributed by atoms with van der Waals surface area (Å²) >= 11 is 0. The van der Waals surface area contributed by atoms with Crippen LogP contribution in [-0.4, -0.2) is 0 Å². The van der Waals surface area contributed by atoms with Gasteiger partial charge in [0.25, 0.3) is 0 Å². The van der Waals surface area contributed by atoms with Crippen molar-refractivity contribution in [1.82, 2.24) is 0 Å². The molecule has 0 radical (unpaired) electrons. The molecule has 0 atom stereocenters. The number of fused-ring (bicyclic) bond motifs is 15. The molecule has 12 aromatic rings. The highest BCUT2D eigenvalue weighted by Crippen LogP contribution is 2.62. The smallest absolute Gasteiger partial charge is 0.143 e. The van der Waals surface area contributed by atoms with Crippen LogP contribution < -0.4 is 4.90 Å². The molecule has 0 N–H and O–H groups in total. The zero-order chi connectivity index (χ0) is 44.4. The van der Waals surface area contributed by atoms with Crippen LogP contribution >= 0.6 is 0 Å². The molecule has 3 heteroatoms. The Labute approximate surface area is 388 Å². The molecule has 0 unspecified atom stereocenters. The van der Waals surface area contributed by atoms with Crippen molar-refractivity contribution in [3.05, 3.63) is 258 Å². The van der Waals surface area contributed by atoms with Crippen molar-refractivity contribution in [3.63, 3.8) is 0 Å². The van der Waals surface area contributed by atoms with Crippen molar-refractivity contribution in [2.24, 2.45) is 0 Å². The van der Waals surface area contributed by atoms with E-state index in [4.69, 9.17) is 8.83 Å². The van der Waals surface area contributed by atoms with Crippen molar-refractivity contribution >= 4 is 60.9 Å². The number of furan rings is 2. The van der Waals surface area contributed by atoms with Crippen LogP contribution in [0.25, 0.3) is 77.3 Å². The van der Waals surface area contributed by atoms with Gasteiger partial charge >= 0.3 is 0 Å². The molecule has 10 aromatic carbocycles. The Balaban J connectivity index is 0.903. The second kappa shape index (κ2) is 14.1. The highest BCUT2D eigenvalue weighted by molar-refractivity contribution is 6.10. The first-order valence-corrected chi connectivity index (χ1v) is 23.2. The van der Waals surface area contributed by atoms with Gasteiger partial charge in [-0.15, -0.1) is 0 Å². The van der Waals surface area contributed by atoms with Crippen LogP contribution in [0.2, 0.25) is 0 Å². The van der Waals surface area contributed by atoms with Gasteiger partial charge in [-0.3, -0.25) is 0 Å². The second-order valence-electron chi connectivity index (χ2n) is 18.8. The number of para-hydroxylation sites is 3. The SMILES string of the molecule is CC1(C)c2ccccc2C2(c3ccccc3-c3ccc(-c4ccc(N(c5ccc(-c6cccc7c6oc6ccccc67)cc5)c5ccc6oc7ccccc7c6c5)cc4)cc32)c2ccccc21. The minimum Gasteiger partial charge on any atom is -0.456 e. The van der Waals surface area contributed by atoms with Gasteiger partial charge in [0, 0.05) is 49.6 Å². The summed E-state index contributed by atoms with van der Waals surface area (Å²) in [6.07, 6.45) is 0. The molecule has 3 nitrogen and oxygen atoms in total. The predicted octanol–water partition coefficient (Wildman–Crippen LogP) is 17.3. The van der Waals surface area contributed by atoms with E-state index in [9.17, 15) is 0 Å². The first-order valence-electron chi connectivity index (χ1n) is 23.2. The lowest BCUT2D eigenvalue weighted by Gasteiger charge is -2.46. The van der Waals surface area contributed by atoms with Crippen molar-refractivity contribution in [2.75, 3.05) is 4.90 Å². The van der Waals surface area contributed by atoms with E-state index in [-0.39, 0.29) is 5.41 Å². The van der Waals surface area contributed by atoms with Crippen LogP contribution in [0, 0.1) is 0 Å². The van der Waals surface area contributed by atoms with Gasteiger partial charge in [0.1, 0.15) is 22.3 Å². The zero-order valence-electron chi connectivity index (χ0n) is 37.1. The lowest BCUT2D eigenvalue weighted by molar-refractivity contribution is 0.563. The van der Waals surface area contributed by atoms with Gasteiger partial charge in [0.15, 0.2) is 0 Å². The van der Waals surface area contributed by atoms with E-state index in [1.54, 1.807) is 0 Å². The number of anilines is 3. The van der Waals surface area contributed by atoms with Gasteiger partial charge < -0.3 is 13.7 Å². The summed E-state index contributed by atoms with van der Waals surface area (Å²) in [6, 6.07) is 82.0. The third-order valence-electron chi connectivity index (χ3n) is 15.0. The third-order valence-corrected chi connectivity index (χ3v) is 15.0. The summed E-state index contributed by atoms with van der Waals surface area (Å²) in [5.74, 6) is 0. The summed E-state index contributed by atoms with van der Waals surface area (Å²) in [5.41, 5.74) is 21.5. The first kappa shape index (κ1) is 37.9. The fraction of sp³-hybridized carbons (Fsp3) is 0.0625. The number of nitrogens with zero attached hydrogens (tertiary/aromatic N) is 1. The van der Waals surface area contributed by atoms with Gasteiger partial charge in [-0.25, -0.2) is 0 Å². The Morgan fingerprint density at radius 2 is 0.806 bits per heavy atom. The van der Waals surface area contributed by atoms with E-state index in [1.165, 1.54) is 55.6 Å². The Bertz CT molecular complexity index is 3910. The lowest BCUT2D eigenvalue weighted by atomic mass is 9.55. The summed E-state index contributed by atoms with van der Waals surface area (Å²) < 4.78 is 12.8. The van der Waals surface area contributed by atoms with E-state index in [1.807, 2.05) is 24.3 Å². The maximum absolute atomic E-state index is 6.46. The fourth-order valence-electron chi connectivity index (χ4n) is 11.9. The van der Waals surface area contributed by atoms with E-state index >= 15 is 0 Å². The van der Waals surface area contributed by atoms with Crippen LogP contribution in [-0.2, 0) is 10.8 Å². The Kier molecular flexibility index (Phi) is 7.95. The minimum absolute atomic E-state index is 0.145. The zero-order valence-corrected chi connectivity index (χ0v) is 37.1. The Hall–Kier alpha value is -8.40. The average molecular weight is 858 g/mol. The molecule has 14 rings (SSSR count). The lowest BCUT2D eigenvalue weighted by Crippen LogP contribution is -2.40. The first-order chi connectivity index (χ1) is 33.0. The van der Waals surface area contributed by atoms with Gasteiger partial charge in [0.2, 0.25) is 0 Å². The highest BCUT2D eigenvalue weighted by atomic mass is 16.3. The Morgan fingerprint density at radius 1 is 0.313 bits per heavy atom. The molecule has 0 saturated carbocycles. The average Bonchev–Trinajstić information content (AvgIpc) is 4.05.